The predicted molar refractivity (Wildman–Crippen MR) is 70.2 cm³/mol. The summed E-state index contributed by atoms with van der Waals surface area (Å²) in [5.74, 6) is 0.933. The molecule has 0 amide bonds. The first-order valence-electron chi connectivity index (χ1n) is 5.76. The van der Waals surface area contributed by atoms with Gasteiger partial charge in [-0.25, -0.2) is 0 Å². The van der Waals surface area contributed by atoms with Crippen molar-refractivity contribution in [2.75, 3.05) is 19.0 Å². The van der Waals surface area contributed by atoms with Crippen LogP contribution in [0, 0.1) is 0 Å². The molecule has 16 heavy (non-hydrogen) atoms. The topological polar surface area (TPSA) is 12.5 Å². The van der Waals surface area contributed by atoms with Gasteiger partial charge in [-0.2, -0.15) is 0 Å². The van der Waals surface area contributed by atoms with E-state index in [2.05, 4.69) is 33.0 Å². The molecule has 0 radical (unpaired) electrons. The Morgan fingerprint density at radius 1 is 1.38 bits per heavy atom. The molecule has 1 heterocycles. The highest BCUT2D eigenvalue weighted by molar-refractivity contribution is 9.09. The van der Waals surface area contributed by atoms with Gasteiger partial charge in [0.1, 0.15) is 5.75 Å². The standard InChI is InChI=1S/C13H18BrNO/c1-16-13-6-4-11(5-7-13)10-15-8-2-3-12(15)9-14/h4-7,12H,2-3,8-10H2,1H3. The molecule has 0 bridgehead atoms. The first kappa shape index (κ1) is 11.9. The maximum absolute atomic E-state index is 5.16. The molecule has 2 rings (SSSR count). The third-order valence-corrected chi connectivity index (χ3v) is 3.97. The fraction of sp³-hybridized carbons (Fsp3) is 0.538. The lowest BCUT2D eigenvalue weighted by atomic mass is 10.2. The second kappa shape index (κ2) is 5.69. The number of rotatable bonds is 4. The molecule has 3 heteroatoms. The van der Waals surface area contributed by atoms with Crippen LogP contribution in [0.15, 0.2) is 24.3 Å². The molecule has 1 aromatic rings. The van der Waals surface area contributed by atoms with Crippen LogP contribution in [0.25, 0.3) is 0 Å². The van der Waals surface area contributed by atoms with E-state index in [0.29, 0.717) is 6.04 Å². The summed E-state index contributed by atoms with van der Waals surface area (Å²) in [7, 11) is 1.70. The fourth-order valence-corrected chi connectivity index (χ4v) is 2.98. The number of hydrogen-bond acceptors (Lipinski definition) is 2. The van der Waals surface area contributed by atoms with Gasteiger partial charge in [0, 0.05) is 17.9 Å². The van der Waals surface area contributed by atoms with E-state index in [1.54, 1.807) is 7.11 Å². The van der Waals surface area contributed by atoms with Gasteiger partial charge in [0.2, 0.25) is 0 Å². The van der Waals surface area contributed by atoms with E-state index >= 15 is 0 Å². The van der Waals surface area contributed by atoms with Crippen molar-refractivity contribution in [2.24, 2.45) is 0 Å². The SMILES string of the molecule is COc1ccc(CN2CCCC2CBr)cc1. The lowest BCUT2D eigenvalue weighted by molar-refractivity contribution is 0.265. The summed E-state index contributed by atoms with van der Waals surface area (Å²) >= 11 is 3.59. The van der Waals surface area contributed by atoms with E-state index in [1.165, 1.54) is 24.9 Å². The number of methoxy groups -OCH3 is 1. The summed E-state index contributed by atoms with van der Waals surface area (Å²) in [6.45, 7) is 2.28. The number of hydrogen-bond donors (Lipinski definition) is 0. The monoisotopic (exact) mass is 283 g/mol. The van der Waals surface area contributed by atoms with E-state index < -0.39 is 0 Å². The molecule has 0 aromatic heterocycles. The van der Waals surface area contributed by atoms with E-state index in [1.807, 2.05) is 12.1 Å². The number of benzene rings is 1. The Balaban J connectivity index is 1.97. The zero-order chi connectivity index (χ0) is 11.4. The van der Waals surface area contributed by atoms with Gasteiger partial charge in [0.15, 0.2) is 0 Å². The van der Waals surface area contributed by atoms with Gasteiger partial charge >= 0.3 is 0 Å². The zero-order valence-corrected chi connectivity index (χ0v) is 11.2. The van der Waals surface area contributed by atoms with Gasteiger partial charge in [-0.3, -0.25) is 4.90 Å². The average molecular weight is 284 g/mol. The van der Waals surface area contributed by atoms with Crippen molar-refractivity contribution in [3.63, 3.8) is 0 Å². The van der Waals surface area contributed by atoms with Crippen molar-refractivity contribution in [3.05, 3.63) is 29.8 Å². The summed E-state index contributed by atoms with van der Waals surface area (Å²) in [6.07, 6.45) is 2.65. The number of halogens is 1. The van der Waals surface area contributed by atoms with Crippen LogP contribution in [0.3, 0.4) is 0 Å². The molecule has 1 atom stereocenters. The first-order valence-corrected chi connectivity index (χ1v) is 6.88. The molecule has 2 nitrogen and oxygen atoms in total. The normalized spacial score (nSPS) is 21.2. The van der Waals surface area contributed by atoms with Crippen molar-refractivity contribution in [2.45, 2.75) is 25.4 Å². The lowest BCUT2D eigenvalue weighted by Crippen LogP contribution is -2.29. The number of likely N-dealkylation sites (tertiary alicyclic amines) is 1. The van der Waals surface area contributed by atoms with Gasteiger partial charge < -0.3 is 4.74 Å². The lowest BCUT2D eigenvalue weighted by Gasteiger charge is -2.22. The first-order chi connectivity index (χ1) is 7.83. The van der Waals surface area contributed by atoms with Crippen LogP contribution in [0.5, 0.6) is 5.75 Å². The molecule has 0 N–H and O–H groups in total. The minimum atomic E-state index is 0.710. The largest absolute Gasteiger partial charge is 0.497 e. The molecule has 1 aliphatic rings. The fourth-order valence-electron chi connectivity index (χ4n) is 2.24. The highest BCUT2D eigenvalue weighted by Crippen LogP contribution is 2.22. The molecule has 0 aliphatic carbocycles. The number of nitrogens with zero attached hydrogens (tertiary/aromatic N) is 1. The summed E-state index contributed by atoms with van der Waals surface area (Å²) in [6, 6.07) is 9.09. The van der Waals surface area contributed by atoms with Crippen molar-refractivity contribution in [1.29, 1.82) is 0 Å². The minimum Gasteiger partial charge on any atom is -0.497 e. The van der Waals surface area contributed by atoms with Crippen molar-refractivity contribution < 1.29 is 4.74 Å². The summed E-state index contributed by atoms with van der Waals surface area (Å²) in [4.78, 5) is 2.55. The summed E-state index contributed by atoms with van der Waals surface area (Å²) in [5.41, 5.74) is 1.37. The van der Waals surface area contributed by atoms with Gasteiger partial charge in [0.25, 0.3) is 0 Å². The summed E-state index contributed by atoms with van der Waals surface area (Å²) in [5, 5.41) is 1.09. The van der Waals surface area contributed by atoms with Crippen LogP contribution < -0.4 is 4.74 Å². The van der Waals surface area contributed by atoms with E-state index in [-0.39, 0.29) is 0 Å². The van der Waals surface area contributed by atoms with Crippen LogP contribution in [-0.2, 0) is 6.54 Å². The Morgan fingerprint density at radius 3 is 2.75 bits per heavy atom. The maximum atomic E-state index is 5.16. The highest BCUT2D eigenvalue weighted by Gasteiger charge is 2.22. The Hall–Kier alpha value is -0.540. The Morgan fingerprint density at radius 2 is 2.12 bits per heavy atom. The third-order valence-electron chi connectivity index (χ3n) is 3.22. The second-order valence-electron chi connectivity index (χ2n) is 4.27. The molecule has 1 fully saturated rings. The number of ether oxygens (including phenoxy) is 1. The number of alkyl halides is 1. The zero-order valence-electron chi connectivity index (χ0n) is 9.66. The van der Waals surface area contributed by atoms with Crippen LogP contribution in [0.4, 0.5) is 0 Å². The van der Waals surface area contributed by atoms with Gasteiger partial charge in [-0.15, -0.1) is 0 Å². The van der Waals surface area contributed by atoms with E-state index in [9.17, 15) is 0 Å². The summed E-state index contributed by atoms with van der Waals surface area (Å²) < 4.78 is 5.16. The van der Waals surface area contributed by atoms with E-state index in [4.69, 9.17) is 4.74 Å². The smallest absolute Gasteiger partial charge is 0.118 e. The van der Waals surface area contributed by atoms with Crippen LogP contribution in [-0.4, -0.2) is 29.9 Å². The predicted octanol–water partition coefficient (Wildman–Crippen LogP) is 3.05. The molecule has 1 unspecified atom stereocenters. The second-order valence-corrected chi connectivity index (χ2v) is 4.92. The van der Waals surface area contributed by atoms with Crippen molar-refractivity contribution in [3.8, 4) is 5.75 Å². The molecule has 0 saturated carbocycles. The third kappa shape index (κ3) is 2.77. The maximum Gasteiger partial charge on any atom is 0.118 e. The Labute approximate surface area is 106 Å². The molecule has 0 spiro atoms. The molecule has 1 aliphatic heterocycles. The molecular weight excluding hydrogens is 266 g/mol. The van der Waals surface area contributed by atoms with Gasteiger partial charge in [-0.1, -0.05) is 28.1 Å². The van der Waals surface area contributed by atoms with Gasteiger partial charge in [0.05, 0.1) is 7.11 Å². The van der Waals surface area contributed by atoms with Crippen molar-refractivity contribution in [1.82, 2.24) is 4.90 Å². The Bertz CT molecular complexity index is 325. The highest BCUT2D eigenvalue weighted by atomic mass is 79.9. The molecule has 1 saturated heterocycles. The minimum absolute atomic E-state index is 0.710. The molecule has 1 aromatic carbocycles. The quantitative estimate of drug-likeness (QED) is 0.788. The molecule has 88 valence electrons. The average Bonchev–Trinajstić information content (AvgIpc) is 2.77. The van der Waals surface area contributed by atoms with Crippen LogP contribution in [0.2, 0.25) is 0 Å². The van der Waals surface area contributed by atoms with Gasteiger partial charge in [-0.05, 0) is 37.1 Å². The van der Waals surface area contributed by atoms with Crippen LogP contribution >= 0.6 is 15.9 Å². The van der Waals surface area contributed by atoms with Crippen LogP contribution in [0.1, 0.15) is 18.4 Å². The Kier molecular flexibility index (Phi) is 4.24. The van der Waals surface area contributed by atoms with Crippen molar-refractivity contribution >= 4 is 15.9 Å². The van der Waals surface area contributed by atoms with E-state index in [0.717, 1.165) is 17.6 Å². The molecular formula is C13H18BrNO.